The third kappa shape index (κ3) is 3.55. The van der Waals surface area contributed by atoms with Crippen LogP contribution in [0.5, 0.6) is 0 Å². The Morgan fingerprint density at radius 3 is 2.83 bits per heavy atom. The van der Waals surface area contributed by atoms with E-state index in [0.717, 1.165) is 16.2 Å². The summed E-state index contributed by atoms with van der Waals surface area (Å²) in [5.41, 5.74) is 0.579. The largest absolute Gasteiger partial charge is 0.463 e. The van der Waals surface area contributed by atoms with Crippen LogP contribution in [0.3, 0.4) is 0 Å². The van der Waals surface area contributed by atoms with Crippen LogP contribution in [0, 0.1) is 5.82 Å². The second-order valence-corrected chi connectivity index (χ2v) is 8.85. The number of carbonyl (C=O) groups is 1. The summed E-state index contributed by atoms with van der Waals surface area (Å²) in [6.45, 7) is 3.65. The Morgan fingerprint density at radius 1 is 1.37 bits per heavy atom. The maximum Gasteiger partial charge on any atom is 0.338 e. The molecule has 30 heavy (non-hydrogen) atoms. The SMILES string of the molecule is CCOC(=O)C1=C(C)N=c2s/c(=C/c3c(F)cccc3Cl)c(=O)n2[C@@H]1c1cccs1. The molecule has 0 fully saturated rings. The Labute approximate surface area is 184 Å². The molecule has 4 rings (SSSR count). The maximum atomic E-state index is 14.3. The summed E-state index contributed by atoms with van der Waals surface area (Å²) in [7, 11) is 0. The molecular formula is C21H16ClFN2O3S2. The van der Waals surface area contributed by atoms with E-state index >= 15 is 0 Å². The third-order valence-corrected chi connectivity index (χ3v) is 6.84. The molecule has 0 saturated carbocycles. The van der Waals surface area contributed by atoms with E-state index in [1.165, 1.54) is 34.1 Å². The van der Waals surface area contributed by atoms with Gasteiger partial charge in [0.2, 0.25) is 0 Å². The van der Waals surface area contributed by atoms with Crippen molar-refractivity contribution in [2.75, 3.05) is 6.61 Å². The highest BCUT2D eigenvalue weighted by Crippen LogP contribution is 2.33. The minimum Gasteiger partial charge on any atom is -0.463 e. The lowest BCUT2D eigenvalue weighted by atomic mass is 10.0. The van der Waals surface area contributed by atoms with Gasteiger partial charge in [-0.15, -0.1) is 11.3 Å². The Kier molecular flexibility index (Phi) is 5.73. The molecule has 2 aromatic heterocycles. The van der Waals surface area contributed by atoms with E-state index < -0.39 is 17.8 Å². The predicted molar refractivity (Wildman–Crippen MR) is 116 cm³/mol. The number of ether oxygens (including phenoxy) is 1. The van der Waals surface area contributed by atoms with Gasteiger partial charge in [-0.1, -0.05) is 35.1 Å². The second kappa shape index (κ2) is 8.29. The molecule has 0 unspecified atom stereocenters. The van der Waals surface area contributed by atoms with Crippen LogP contribution in [0.1, 0.15) is 30.3 Å². The number of thiophene rings is 1. The summed E-state index contributed by atoms with van der Waals surface area (Å²) >= 11 is 8.68. The highest BCUT2D eigenvalue weighted by molar-refractivity contribution is 7.10. The topological polar surface area (TPSA) is 60.7 Å². The van der Waals surface area contributed by atoms with Gasteiger partial charge in [-0.3, -0.25) is 9.36 Å². The zero-order chi connectivity index (χ0) is 21.4. The second-order valence-electron chi connectivity index (χ2n) is 6.45. The quantitative estimate of drug-likeness (QED) is 0.556. The van der Waals surface area contributed by atoms with Gasteiger partial charge >= 0.3 is 5.97 Å². The average Bonchev–Trinajstić information content (AvgIpc) is 3.33. The minimum atomic E-state index is -0.654. The first-order valence-corrected chi connectivity index (χ1v) is 11.2. The zero-order valence-corrected chi connectivity index (χ0v) is 18.4. The monoisotopic (exact) mass is 462 g/mol. The van der Waals surface area contributed by atoms with E-state index in [9.17, 15) is 14.0 Å². The van der Waals surface area contributed by atoms with Crippen molar-refractivity contribution in [3.8, 4) is 0 Å². The van der Waals surface area contributed by atoms with E-state index in [2.05, 4.69) is 4.99 Å². The van der Waals surface area contributed by atoms with E-state index in [0.29, 0.717) is 16.1 Å². The molecule has 0 amide bonds. The first-order valence-electron chi connectivity index (χ1n) is 9.09. The number of rotatable bonds is 4. The number of halogens is 2. The number of hydrogen-bond acceptors (Lipinski definition) is 6. The van der Waals surface area contributed by atoms with E-state index in [4.69, 9.17) is 16.3 Å². The van der Waals surface area contributed by atoms with Crippen molar-refractivity contribution in [1.82, 2.24) is 4.57 Å². The third-order valence-electron chi connectivity index (χ3n) is 4.60. The number of nitrogens with zero attached hydrogens (tertiary/aromatic N) is 2. The van der Waals surface area contributed by atoms with Crippen LogP contribution < -0.4 is 14.9 Å². The van der Waals surface area contributed by atoms with Crippen molar-refractivity contribution in [3.63, 3.8) is 0 Å². The van der Waals surface area contributed by atoms with Crippen molar-refractivity contribution in [2.45, 2.75) is 19.9 Å². The van der Waals surface area contributed by atoms with Crippen molar-refractivity contribution in [2.24, 2.45) is 4.99 Å². The van der Waals surface area contributed by atoms with Crippen LogP contribution in [0.25, 0.3) is 6.08 Å². The van der Waals surface area contributed by atoms with Gasteiger partial charge < -0.3 is 4.74 Å². The van der Waals surface area contributed by atoms with E-state index in [1.807, 2.05) is 17.5 Å². The molecule has 3 heterocycles. The molecule has 0 spiro atoms. The van der Waals surface area contributed by atoms with Gasteiger partial charge in [0.1, 0.15) is 11.9 Å². The van der Waals surface area contributed by atoms with Gasteiger partial charge in [0.05, 0.1) is 27.4 Å². The lowest BCUT2D eigenvalue weighted by Gasteiger charge is -2.23. The van der Waals surface area contributed by atoms with Crippen LogP contribution in [-0.4, -0.2) is 17.1 Å². The Hall–Kier alpha value is -2.55. The molecule has 0 radical (unpaired) electrons. The summed E-state index contributed by atoms with van der Waals surface area (Å²) in [6.07, 6.45) is 1.43. The van der Waals surface area contributed by atoms with Gasteiger partial charge in [0, 0.05) is 10.4 Å². The van der Waals surface area contributed by atoms with Crippen molar-refractivity contribution < 1.29 is 13.9 Å². The number of carbonyl (C=O) groups excluding carboxylic acids is 1. The van der Waals surface area contributed by atoms with Crippen molar-refractivity contribution in [3.05, 3.63) is 88.0 Å². The van der Waals surface area contributed by atoms with E-state index in [1.54, 1.807) is 19.9 Å². The van der Waals surface area contributed by atoms with Gasteiger partial charge in [-0.25, -0.2) is 14.2 Å². The molecule has 0 aliphatic carbocycles. The summed E-state index contributed by atoms with van der Waals surface area (Å²) in [6, 6.07) is 7.41. The highest BCUT2D eigenvalue weighted by atomic mass is 35.5. The van der Waals surface area contributed by atoms with Crippen LogP contribution in [-0.2, 0) is 9.53 Å². The molecule has 1 aliphatic heterocycles. The maximum absolute atomic E-state index is 14.3. The number of thiazole rings is 1. The lowest BCUT2D eigenvalue weighted by molar-refractivity contribution is -0.139. The fourth-order valence-electron chi connectivity index (χ4n) is 3.29. The molecule has 0 N–H and O–H groups in total. The number of fused-ring (bicyclic) bond motifs is 1. The van der Waals surface area contributed by atoms with E-state index in [-0.39, 0.29) is 27.3 Å². The number of allylic oxidation sites excluding steroid dienone is 1. The van der Waals surface area contributed by atoms with Gasteiger partial charge in [-0.05, 0) is 43.5 Å². The van der Waals surface area contributed by atoms with Crippen LogP contribution in [0.2, 0.25) is 5.02 Å². The summed E-state index contributed by atoms with van der Waals surface area (Å²) in [4.78, 5) is 31.7. The Morgan fingerprint density at radius 2 is 2.17 bits per heavy atom. The van der Waals surface area contributed by atoms with Crippen LogP contribution in [0.4, 0.5) is 4.39 Å². The standard InChI is InChI=1S/C21H16ClFN2O3S2/c1-3-28-20(27)17-11(2)24-21-25(18(17)15-8-5-9-29-15)19(26)16(30-21)10-12-13(22)6-4-7-14(12)23/h4-10,18H,3H2,1-2H3/b16-10+/t18-/m1/s1. The number of aromatic nitrogens is 1. The first kappa shape index (κ1) is 20.7. The molecule has 1 aliphatic rings. The summed E-state index contributed by atoms with van der Waals surface area (Å²) in [5, 5.41) is 2.08. The molecule has 3 aromatic rings. The normalized spacial score (nSPS) is 16.4. The number of benzene rings is 1. The smallest absolute Gasteiger partial charge is 0.338 e. The van der Waals surface area contributed by atoms with Crippen molar-refractivity contribution >= 4 is 46.3 Å². The summed E-state index contributed by atoms with van der Waals surface area (Å²) < 4.78 is 21.2. The fraction of sp³-hybridized carbons (Fsp3) is 0.190. The van der Waals surface area contributed by atoms with Gasteiger partial charge in [0.15, 0.2) is 4.80 Å². The molecule has 5 nitrogen and oxygen atoms in total. The fourth-order valence-corrected chi connectivity index (χ4v) is 5.36. The Bertz CT molecular complexity index is 1320. The number of esters is 1. The molecule has 1 aromatic carbocycles. The van der Waals surface area contributed by atoms with Crippen LogP contribution in [0.15, 0.2) is 56.8 Å². The predicted octanol–water partition coefficient (Wildman–Crippen LogP) is 3.65. The number of hydrogen-bond donors (Lipinski definition) is 0. The molecule has 0 bridgehead atoms. The zero-order valence-electron chi connectivity index (χ0n) is 16.0. The van der Waals surface area contributed by atoms with Crippen molar-refractivity contribution in [1.29, 1.82) is 0 Å². The molecule has 9 heteroatoms. The molecule has 1 atom stereocenters. The van der Waals surface area contributed by atoms with Gasteiger partial charge in [-0.2, -0.15) is 0 Å². The summed E-state index contributed by atoms with van der Waals surface area (Å²) in [5.74, 6) is -1.03. The molecular weight excluding hydrogens is 447 g/mol. The molecule has 154 valence electrons. The Balaban J connectivity index is 1.98. The first-order chi connectivity index (χ1) is 14.4. The highest BCUT2D eigenvalue weighted by Gasteiger charge is 2.33. The van der Waals surface area contributed by atoms with Gasteiger partial charge in [0.25, 0.3) is 5.56 Å². The van der Waals surface area contributed by atoms with Crippen LogP contribution >= 0.6 is 34.3 Å². The average molecular weight is 463 g/mol. The molecule has 0 saturated heterocycles. The lowest BCUT2D eigenvalue weighted by Crippen LogP contribution is -2.39. The minimum absolute atomic E-state index is 0.137.